The molecule has 2 aliphatic rings. The molecular weight excluding hydrogens is 358 g/mol. The van der Waals surface area contributed by atoms with Gasteiger partial charge in [-0.2, -0.15) is 0 Å². The zero-order valence-electron chi connectivity index (χ0n) is 14.5. The molecule has 0 unspecified atom stereocenters. The molecular formula is C19H22ClNO5. The Morgan fingerprint density at radius 3 is 2.85 bits per heavy atom. The minimum absolute atomic E-state index is 0.125. The van der Waals surface area contributed by atoms with E-state index in [1.807, 2.05) is 0 Å². The third kappa shape index (κ3) is 5.14. The highest BCUT2D eigenvalue weighted by Gasteiger charge is 2.18. The van der Waals surface area contributed by atoms with Crippen LogP contribution in [0.25, 0.3) is 6.08 Å². The van der Waals surface area contributed by atoms with Crippen molar-refractivity contribution in [3.63, 3.8) is 0 Å². The Labute approximate surface area is 157 Å². The number of halogens is 1. The van der Waals surface area contributed by atoms with E-state index in [1.165, 1.54) is 25.3 Å². The lowest BCUT2D eigenvalue weighted by Gasteiger charge is -2.21. The molecule has 1 amide bonds. The number of hydrogen-bond acceptors (Lipinski definition) is 5. The number of fused-ring (bicyclic) bond motifs is 1. The summed E-state index contributed by atoms with van der Waals surface area (Å²) in [5, 5.41) is 3.24. The molecule has 0 spiro atoms. The molecule has 26 heavy (non-hydrogen) atoms. The van der Waals surface area contributed by atoms with Crippen molar-refractivity contribution in [1.29, 1.82) is 0 Å². The van der Waals surface area contributed by atoms with Gasteiger partial charge in [-0.1, -0.05) is 30.9 Å². The maximum Gasteiger partial charge on any atom is 0.331 e. The predicted octanol–water partition coefficient (Wildman–Crippen LogP) is 3.32. The monoisotopic (exact) mass is 379 g/mol. The number of hydrogen-bond donors (Lipinski definition) is 1. The van der Waals surface area contributed by atoms with E-state index in [-0.39, 0.29) is 19.3 Å². The Hall–Kier alpha value is -2.21. The Morgan fingerprint density at radius 1 is 1.23 bits per heavy atom. The summed E-state index contributed by atoms with van der Waals surface area (Å²) in [6.45, 7) is 0.500. The Morgan fingerprint density at radius 2 is 2.04 bits per heavy atom. The van der Waals surface area contributed by atoms with Crippen LogP contribution in [0, 0.1) is 5.92 Å². The lowest BCUT2D eigenvalue weighted by Crippen LogP contribution is -2.33. The van der Waals surface area contributed by atoms with E-state index >= 15 is 0 Å². The highest BCUT2D eigenvalue weighted by molar-refractivity contribution is 6.32. The smallest absolute Gasteiger partial charge is 0.331 e. The molecule has 140 valence electrons. The summed E-state index contributed by atoms with van der Waals surface area (Å²) in [6.07, 6.45) is 8.84. The van der Waals surface area contributed by atoms with E-state index in [1.54, 1.807) is 18.2 Å². The van der Waals surface area contributed by atoms with Gasteiger partial charge in [0.05, 0.1) is 5.02 Å². The quantitative estimate of drug-likeness (QED) is 0.606. The fraction of sp³-hybridized carbons (Fsp3) is 0.474. The van der Waals surface area contributed by atoms with E-state index in [9.17, 15) is 9.59 Å². The molecule has 1 saturated carbocycles. The van der Waals surface area contributed by atoms with Gasteiger partial charge in [-0.05, 0) is 42.5 Å². The van der Waals surface area contributed by atoms with Crippen molar-refractivity contribution >= 4 is 29.6 Å². The zero-order chi connectivity index (χ0) is 18.4. The van der Waals surface area contributed by atoms with Gasteiger partial charge in [-0.3, -0.25) is 4.79 Å². The van der Waals surface area contributed by atoms with Gasteiger partial charge in [0.2, 0.25) is 6.79 Å². The van der Waals surface area contributed by atoms with Crippen LogP contribution in [0.2, 0.25) is 5.02 Å². The van der Waals surface area contributed by atoms with Gasteiger partial charge >= 0.3 is 5.97 Å². The SMILES string of the molecule is O=C(COC(=O)/C=C/c1cc(Cl)c2c(c1)OCO2)NCC1CCCCC1. The third-order valence-corrected chi connectivity index (χ3v) is 4.80. The first-order chi connectivity index (χ1) is 12.6. The van der Waals surface area contributed by atoms with Crippen LogP contribution in [0.5, 0.6) is 11.5 Å². The second-order valence-electron chi connectivity index (χ2n) is 6.49. The second-order valence-corrected chi connectivity index (χ2v) is 6.89. The zero-order valence-corrected chi connectivity index (χ0v) is 15.2. The minimum Gasteiger partial charge on any atom is -0.454 e. The lowest BCUT2D eigenvalue weighted by molar-refractivity contribution is -0.143. The molecule has 0 bridgehead atoms. The molecule has 0 aromatic heterocycles. The first-order valence-corrected chi connectivity index (χ1v) is 9.20. The van der Waals surface area contributed by atoms with Crippen molar-refractivity contribution in [2.75, 3.05) is 19.9 Å². The van der Waals surface area contributed by atoms with E-state index in [0.29, 0.717) is 34.5 Å². The van der Waals surface area contributed by atoms with Crippen LogP contribution in [0.1, 0.15) is 37.7 Å². The van der Waals surface area contributed by atoms with E-state index in [0.717, 1.165) is 12.8 Å². The van der Waals surface area contributed by atoms with Gasteiger partial charge in [0.15, 0.2) is 18.1 Å². The Kier molecular flexibility index (Phi) is 6.39. The molecule has 1 fully saturated rings. The van der Waals surface area contributed by atoms with Crippen LogP contribution < -0.4 is 14.8 Å². The highest BCUT2D eigenvalue weighted by atomic mass is 35.5. The number of carbonyl (C=O) groups is 2. The van der Waals surface area contributed by atoms with E-state index < -0.39 is 5.97 Å². The molecule has 1 aliphatic carbocycles. The highest BCUT2D eigenvalue weighted by Crippen LogP contribution is 2.40. The van der Waals surface area contributed by atoms with Gasteiger partial charge in [-0.15, -0.1) is 0 Å². The number of ether oxygens (including phenoxy) is 3. The van der Waals surface area contributed by atoms with Crippen molar-refractivity contribution in [2.45, 2.75) is 32.1 Å². The molecule has 3 rings (SSSR count). The summed E-state index contributed by atoms with van der Waals surface area (Å²) in [6, 6.07) is 3.38. The maximum atomic E-state index is 11.8. The van der Waals surface area contributed by atoms with E-state index in [2.05, 4.69) is 5.32 Å². The van der Waals surface area contributed by atoms with Crippen molar-refractivity contribution in [1.82, 2.24) is 5.32 Å². The molecule has 0 saturated heterocycles. The average Bonchev–Trinajstić information content (AvgIpc) is 3.13. The molecule has 0 radical (unpaired) electrons. The standard InChI is InChI=1S/C19H22ClNO5/c20-15-8-14(9-16-19(15)26-12-25-16)6-7-18(23)24-11-17(22)21-10-13-4-2-1-3-5-13/h6-9,13H,1-5,10-12H2,(H,21,22)/b7-6+. The summed E-state index contributed by atoms with van der Waals surface area (Å²) in [7, 11) is 0. The maximum absolute atomic E-state index is 11.8. The largest absolute Gasteiger partial charge is 0.454 e. The Balaban J connectivity index is 1.41. The third-order valence-electron chi connectivity index (χ3n) is 4.52. The number of rotatable bonds is 6. The van der Waals surface area contributed by atoms with Gasteiger partial charge in [-0.25, -0.2) is 4.79 Å². The molecule has 1 heterocycles. The number of benzene rings is 1. The van der Waals surface area contributed by atoms with Crippen LogP contribution in [-0.2, 0) is 14.3 Å². The fourth-order valence-electron chi connectivity index (χ4n) is 3.13. The van der Waals surface area contributed by atoms with Crippen molar-refractivity contribution in [2.24, 2.45) is 5.92 Å². The summed E-state index contributed by atoms with van der Waals surface area (Å²) in [4.78, 5) is 23.5. The first-order valence-electron chi connectivity index (χ1n) is 8.82. The number of nitrogens with one attached hydrogen (secondary N) is 1. The van der Waals surface area contributed by atoms with Gasteiger partial charge in [0.1, 0.15) is 0 Å². The van der Waals surface area contributed by atoms with Crippen LogP contribution in [0.3, 0.4) is 0 Å². The molecule has 6 nitrogen and oxygen atoms in total. The molecule has 1 aliphatic heterocycles. The molecule has 7 heteroatoms. The Bertz CT molecular complexity index is 697. The summed E-state index contributed by atoms with van der Waals surface area (Å²) in [5.41, 5.74) is 0.679. The van der Waals surface area contributed by atoms with Crippen LogP contribution in [-0.4, -0.2) is 31.8 Å². The average molecular weight is 380 g/mol. The van der Waals surface area contributed by atoms with Crippen LogP contribution in [0.4, 0.5) is 0 Å². The number of carbonyl (C=O) groups excluding carboxylic acids is 2. The normalized spacial score (nSPS) is 16.7. The summed E-state index contributed by atoms with van der Waals surface area (Å²) in [5.74, 6) is 0.711. The molecule has 0 atom stereocenters. The second kappa shape index (κ2) is 8.94. The predicted molar refractivity (Wildman–Crippen MR) is 97.2 cm³/mol. The fourth-order valence-corrected chi connectivity index (χ4v) is 3.41. The van der Waals surface area contributed by atoms with Crippen molar-refractivity contribution in [3.05, 3.63) is 28.8 Å². The van der Waals surface area contributed by atoms with E-state index in [4.69, 9.17) is 25.8 Å². The van der Waals surface area contributed by atoms with Gasteiger partial charge < -0.3 is 19.5 Å². The van der Waals surface area contributed by atoms with Crippen molar-refractivity contribution < 1.29 is 23.8 Å². The molecule has 1 aromatic carbocycles. The molecule has 1 aromatic rings. The topological polar surface area (TPSA) is 73.9 Å². The summed E-state index contributed by atoms with van der Waals surface area (Å²) >= 11 is 6.08. The van der Waals surface area contributed by atoms with Crippen LogP contribution in [0.15, 0.2) is 18.2 Å². The van der Waals surface area contributed by atoms with Crippen molar-refractivity contribution in [3.8, 4) is 11.5 Å². The lowest BCUT2D eigenvalue weighted by atomic mass is 9.89. The molecule has 1 N–H and O–H groups in total. The first kappa shape index (κ1) is 18.6. The number of amides is 1. The van der Waals surface area contributed by atoms with Gasteiger partial charge in [0, 0.05) is 12.6 Å². The number of esters is 1. The minimum atomic E-state index is -0.591. The van der Waals surface area contributed by atoms with Gasteiger partial charge in [0.25, 0.3) is 5.91 Å². The summed E-state index contributed by atoms with van der Waals surface area (Å²) < 4.78 is 15.5. The van der Waals surface area contributed by atoms with Crippen LogP contribution >= 0.6 is 11.6 Å².